The van der Waals surface area contributed by atoms with Gasteiger partial charge in [-0.25, -0.2) is 13.6 Å². The van der Waals surface area contributed by atoms with Crippen LogP contribution < -0.4 is 5.14 Å². The topological polar surface area (TPSA) is 69.4 Å². The number of hydrogen-bond acceptors (Lipinski definition) is 3. The molecule has 0 aromatic carbocycles. The van der Waals surface area contributed by atoms with Crippen LogP contribution in [0.4, 0.5) is 0 Å². The molecule has 2 saturated carbocycles. The molecule has 2 fully saturated rings. The summed E-state index contributed by atoms with van der Waals surface area (Å²) in [7, 11) is -3.40. The van der Waals surface area contributed by atoms with Crippen molar-refractivity contribution in [2.75, 3.05) is 19.0 Å². The summed E-state index contributed by atoms with van der Waals surface area (Å²) in [5.41, 5.74) is -0.206. The summed E-state index contributed by atoms with van der Waals surface area (Å²) in [6, 6.07) is 0. The molecular formula is C14H27NO3S. The van der Waals surface area contributed by atoms with Crippen molar-refractivity contribution in [3.63, 3.8) is 0 Å². The van der Waals surface area contributed by atoms with Crippen LogP contribution >= 0.6 is 0 Å². The van der Waals surface area contributed by atoms with Gasteiger partial charge in [0.15, 0.2) is 0 Å². The van der Waals surface area contributed by atoms with Gasteiger partial charge >= 0.3 is 0 Å². The van der Waals surface area contributed by atoms with Crippen molar-refractivity contribution >= 4 is 10.0 Å². The van der Waals surface area contributed by atoms with Crippen molar-refractivity contribution in [2.45, 2.75) is 57.8 Å². The highest BCUT2D eigenvalue weighted by Crippen LogP contribution is 2.39. The average Bonchev–Trinajstić information content (AvgIpc) is 2.77. The number of nitrogens with two attached hydrogens (primary N) is 1. The van der Waals surface area contributed by atoms with E-state index in [0.29, 0.717) is 12.5 Å². The van der Waals surface area contributed by atoms with Crippen molar-refractivity contribution in [1.82, 2.24) is 0 Å². The van der Waals surface area contributed by atoms with E-state index in [2.05, 4.69) is 0 Å². The zero-order valence-corrected chi connectivity index (χ0v) is 12.6. The van der Waals surface area contributed by atoms with Crippen molar-refractivity contribution in [2.24, 2.45) is 16.5 Å². The molecule has 0 spiro atoms. The molecule has 0 unspecified atom stereocenters. The lowest BCUT2D eigenvalue weighted by molar-refractivity contribution is 0.0289. The molecule has 0 atom stereocenters. The minimum Gasteiger partial charge on any atom is -0.381 e. The maximum Gasteiger partial charge on any atom is 0.209 e. The van der Waals surface area contributed by atoms with E-state index in [4.69, 9.17) is 9.88 Å². The lowest BCUT2D eigenvalue weighted by atomic mass is 9.88. The van der Waals surface area contributed by atoms with E-state index < -0.39 is 10.0 Å². The SMILES string of the molecule is NS(=O)(=O)CC1(COCC2CCCCC2)CCCC1. The fraction of sp³-hybridized carbons (Fsp3) is 1.00. The van der Waals surface area contributed by atoms with Gasteiger partial charge in [0.1, 0.15) is 0 Å². The number of rotatable bonds is 6. The van der Waals surface area contributed by atoms with Crippen LogP contribution in [0.2, 0.25) is 0 Å². The van der Waals surface area contributed by atoms with Gasteiger partial charge in [0.2, 0.25) is 10.0 Å². The van der Waals surface area contributed by atoms with Gasteiger partial charge in [-0.2, -0.15) is 0 Å². The number of hydrogen-bond donors (Lipinski definition) is 1. The Labute approximate surface area is 117 Å². The van der Waals surface area contributed by atoms with Gasteiger partial charge < -0.3 is 4.74 Å². The largest absolute Gasteiger partial charge is 0.381 e. The summed E-state index contributed by atoms with van der Waals surface area (Å²) in [6.07, 6.45) is 10.6. The minimum absolute atomic E-state index is 0.0880. The third kappa shape index (κ3) is 5.04. The third-order valence-electron chi connectivity index (χ3n) is 4.66. The predicted molar refractivity (Wildman–Crippen MR) is 76.3 cm³/mol. The second-order valence-corrected chi connectivity index (χ2v) is 8.15. The Hall–Kier alpha value is -0.130. The molecule has 2 N–H and O–H groups in total. The van der Waals surface area contributed by atoms with Crippen molar-refractivity contribution < 1.29 is 13.2 Å². The smallest absolute Gasteiger partial charge is 0.209 e. The average molecular weight is 289 g/mol. The molecule has 0 aromatic heterocycles. The standard InChI is InChI=1S/C14H27NO3S/c15-19(16,17)12-14(8-4-5-9-14)11-18-10-13-6-2-1-3-7-13/h13H,1-12H2,(H2,15,16,17). The Balaban J connectivity index is 1.80. The molecule has 0 heterocycles. The summed E-state index contributed by atoms with van der Waals surface area (Å²) < 4.78 is 28.6. The predicted octanol–water partition coefficient (Wildman–Crippen LogP) is 2.43. The molecular weight excluding hydrogens is 262 g/mol. The highest BCUT2D eigenvalue weighted by molar-refractivity contribution is 7.89. The van der Waals surface area contributed by atoms with Crippen LogP contribution in [-0.2, 0) is 14.8 Å². The summed E-state index contributed by atoms with van der Waals surface area (Å²) in [5.74, 6) is 0.770. The fourth-order valence-electron chi connectivity index (χ4n) is 3.68. The quantitative estimate of drug-likeness (QED) is 0.816. The van der Waals surface area contributed by atoms with E-state index in [-0.39, 0.29) is 11.2 Å². The van der Waals surface area contributed by atoms with Crippen molar-refractivity contribution in [3.8, 4) is 0 Å². The van der Waals surface area contributed by atoms with Crippen LogP contribution in [0, 0.1) is 11.3 Å². The molecule has 0 saturated heterocycles. The van der Waals surface area contributed by atoms with E-state index in [1.54, 1.807) is 0 Å². The summed E-state index contributed by atoms with van der Waals surface area (Å²) in [5, 5.41) is 5.23. The minimum atomic E-state index is -3.40. The van der Waals surface area contributed by atoms with Gasteiger partial charge in [-0.1, -0.05) is 32.1 Å². The Morgan fingerprint density at radius 2 is 1.68 bits per heavy atom. The van der Waals surface area contributed by atoms with Crippen LogP contribution in [0.3, 0.4) is 0 Å². The van der Waals surface area contributed by atoms with Crippen molar-refractivity contribution in [1.29, 1.82) is 0 Å². The monoisotopic (exact) mass is 289 g/mol. The summed E-state index contributed by atoms with van der Waals surface area (Å²) in [6.45, 7) is 1.37. The lowest BCUT2D eigenvalue weighted by Crippen LogP contribution is -2.36. The number of sulfonamides is 1. The molecule has 0 amide bonds. The molecule has 2 aliphatic rings. The van der Waals surface area contributed by atoms with Gasteiger partial charge in [-0.15, -0.1) is 0 Å². The van der Waals surface area contributed by atoms with Gasteiger partial charge in [0.25, 0.3) is 0 Å². The molecule has 2 rings (SSSR count). The van der Waals surface area contributed by atoms with Crippen LogP contribution in [0.5, 0.6) is 0 Å². The second-order valence-electron chi connectivity index (χ2n) is 6.53. The first-order valence-corrected chi connectivity index (χ1v) is 9.29. The molecule has 0 aromatic rings. The van der Waals surface area contributed by atoms with Gasteiger partial charge in [0.05, 0.1) is 12.4 Å². The first-order valence-electron chi connectivity index (χ1n) is 7.57. The molecule has 4 nitrogen and oxygen atoms in total. The van der Waals surface area contributed by atoms with Gasteiger partial charge in [-0.3, -0.25) is 0 Å². The molecule has 0 bridgehead atoms. The Morgan fingerprint density at radius 3 is 2.26 bits per heavy atom. The number of primary sulfonamides is 1. The second kappa shape index (κ2) is 6.55. The number of ether oxygens (including phenoxy) is 1. The van der Waals surface area contributed by atoms with E-state index in [0.717, 1.165) is 32.3 Å². The molecule has 0 radical (unpaired) electrons. The lowest BCUT2D eigenvalue weighted by Gasteiger charge is -2.29. The van der Waals surface area contributed by atoms with Crippen LogP contribution in [0.1, 0.15) is 57.8 Å². The van der Waals surface area contributed by atoms with E-state index in [1.165, 1.54) is 32.1 Å². The molecule has 2 aliphatic carbocycles. The normalized spacial score (nSPS) is 24.7. The van der Waals surface area contributed by atoms with Crippen molar-refractivity contribution in [3.05, 3.63) is 0 Å². The Kier molecular flexibility index (Phi) is 5.26. The summed E-state index contributed by atoms with van der Waals surface area (Å²) >= 11 is 0. The van der Waals surface area contributed by atoms with E-state index in [1.807, 2.05) is 0 Å². The highest BCUT2D eigenvalue weighted by atomic mass is 32.2. The highest BCUT2D eigenvalue weighted by Gasteiger charge is 2.37. The molecule has 5 heteroatoms. The summed E-state index contributed by atoms with van der Waals surface area (Å²) in [4.78, 5) is 0. The molecule has 112 valence electrons. The Bertz CT molecular complexity index is 368. The zero-order valence-electron chi connectivity index (χ0n) is 11.8. The van der Waals surface area contributed by atoms with E-state index in [9.17, 15) is 8.42 Å². The zero-order chi connectivity index (χ0) is 13.8. The van der Waals surface area contributed by atoms with Crippen LogP contribution in [-0.4, -0.2) is 27.4 Å². The maximum absolute atomic E-state index is 11.4. The van der Waals surface area contributed by atoms with Crippen LogP contribution in [0.25, 0.3) is 0 Å². The third-order valence-corrected chi connectivity index (χ3v) is 5.67. The first-order chi connectivity index (χ1) is 8.99. The van der Waals surface area contributed by atoms with Gasteiger partial charge in [0, 0.05) is 12.0 Å². The van der Waals surface area contributed by atoms with Gasteiger partial charge in [-0.05, 0) is 31.6 Å². The van der Waals surface area contributed by atoms with E-state index >= 15 is 0 Å². The molecule has 19 heavy (non-hydrogen) atoms. The maximum atomic E-state index is 11.4. The molecule has 0 aliphatic heterocycles. The van der Waals surface area contributed by atoms with Crippen LogP contribution in [0.15, 0.2) is 0 Å². The first kappa shape index (κ1) is 15.3. The Morgan fingerprint density at radius 1 is 1.05 bits per heavy atom. The fourth-order valence-corrected chi connectivity index (χ4v) is 4.90.